The first-order valence-electron chi connectivity index (χ1n) is 8.65. The second-order valence-electron chi connectivity index (χ2n) is 5.87. The Hall–Kier alpha value is -2.03. The maximum atomic E-state index is 11.9. The molecule has 0 bridgehead atoms. The van der Waals surface area contributed by atoms with Gasteiger partial charge in [-0.2, -0.15) is 0 Å². The van der Waals surface area contributed by atoms with Crippen LogP contribution in [0.1, 0.15) is 51.0 Å². The molecular formula is C20H27NO2. The van der Waals surface area contributed by atoms with E-state index in [4.69, 9.17) is 4.74 Å². The monoisotopic (exact) mass is 313 g/mol. The van der Waals surface area contributed by atoms with Gasteiger partial charge in [-0.1, -0.05) is 36.8 Å². The molecule has 3 nitrogen and oxygen atoms in total. The highest BCUT2D eigenvalue weighted by atomic mass is 16.5. The fraction of sp³-hybridized carbons (Fsp3) is 0.450. The lowest BCUT2D eigenvalue weighted by Gasteiger charge is -2.12. The van der Waals surface area contributed by atoms with Crippen molar-refractivity contribution in [2.24, 2.45) is 0 Å². The summed E-state index contributed by atoms with van der Waals surface area (Å²) in [6.45, 7) is 3.48. The van der Waals surface area contributed by atoms with Crippen molar-refractivity contribution in [1.29, 1.82) is 0 Å². The van der Waals surface area contributed by atoms with Gasteiger partial charge in [0.05, 0.1) is 6.61 Å². The van der Waals surface area contributed by atoms with E-state index in [0.29, 0.717) is 13.2 Å². The third kappa shape index (κ3) is 6.31. The van der Waals surface area contributed by atoms with Crippen molar-refractivity contribution < 1.29 is 9.53 Å². The molecule has 0 fully saturated rings. The highest BCUT2D eigenvalue weighted by Gasteiger charge is 2.04. The van der Waals surface area contributed by atoms with E-state index in [2.05, 4.69) is 18.3 Å². The Kier molecular flexibility index (Phi) is 7.44. The smallest absolute Gasteiger partial charge is 0.244 e. The van der Waals surface area contributed by atoms with E-state index in [1.807, 2.05) is 30.3 Å². The lowest BCUT2D eigenvalue weighted by Crippen LogP contribution is -2.22. The number of hydrogen-bond acceptors (Lipinski definition) is 2. The summed E-state index contributed by atoms with van der Waals surface area (Å²) in [5.74, 6) is 0.775. The largest absolute Gasteiger partial charge is 0.493 e. The fourth-order valence-electron chi connectivity index (χ4n) is 2.66. The van der Waals surface area contributed by atoms with Crippen molar-refractivity contribution in [3.63, 3.8) is 0 Å². The van der Waals surface area contributed by atoms with E-state index >= 15 is 0 Å². The number of carbonyl (C=O) groups excluding carboxylic acids is 1. The van der Waals surface area contributed by atoms with Gasteiger partial charge in [0.2, 0.25) is 5.91 Å². The van der Waals surface area contributed by atoms with E-state index in [-0.39, 0.29) is 5.91 Å². The highest BCUT2D eigenvalue weighted by molar-refractivity contribution is 5.92. The molecule has 0 unspecified atom stereocenters. The van der Waals surface area contributed by atoms with Gasteiger partial charge >= 0.3 is 0 Å². The van der Waals surface area contributed by atoms with Crippen LogP contribution in [-0.4, -0.2) is 19.1 Å². The second-order valence-corrected chi connectivity index (χ2v) is 5.87. The zero-order chi connectivity index (χ0) is 16.3. The molecule has 2 rings (SSSR count). The topological polar surface area (TPSA) is 38.3 Å². The normalized spacial score (nSPS) is 14.6. The van der Waals surface area contributed by atoms with Crippen molar-refractivity contribution in [3.05, 3.63) is 47.6 Å². The van der Waals surface area contributed by atoms with E-state index in [1.165, 1.54) is 31.3 Å². The Morgan fingerprint density at radius 2 is 2.17 bits per heavy atom. The molecule has 3 heteroatoms. The zero-order valence-electron chi connectivity index (χ0n) is 14.0. The SMILES string of the molecule is CCCOc1ccccc1/C=C/C(=O)NCCC1=CCCCC1. The molecule has 0 aliphatic heterocycles. The van der Waals surface area contributed by atoms with Crippen LogP contribution in [0.25, 0.3) is 6.08 Å². The van der Waals surface area contributed by atoms with Crippen LogP contribution in [0.5, 0.6) is 5.75 Å². The molecule has 0 heterocycles. The Morgan fingerprint density at radius 1 is 1.30 bits per heavy atom. The Labute approximate surface area is 139 Å². The van der Waals surface area contributed by atoms with Gasteiger partial charge in [-0.15, -0.1) is 0 Å². The van der Waals surface area contributed by atoms with Gasteiger partial charge in [0.1, 0.15) is 5.75 Å². The van der Waals surface area contributed by atoms with Gasteiger partial charge in [0.15, 0.2) is 0 Å². The predicted octanol–water partition coefficient (Wildman–Crippen LogP) is 4.50. The maximum absolute atomic E-state index is 11.9. The minimum atomic E-state index is -0.0493. The number of benzene rings is 1. The Balaban J connectivity index is 1.80. The van der Waals surface area contributed by atoms with Crippen molar-refractivity contribution in [3.8, 4) is 5.75 Å². The zero-order valence-corrected chi connectivity index (χ0v) is 14.0. The maximum Gasteiger partial charge on any atom is 0.244 e. The predicted molar refractivity (Wildman–Crippen MR) is 95.4 cm³/mol. The van der Waals surface area contributed by atoms with E-state index in [9.17, 15) is 4.79 Å². The van der Waals surface area contributed by atoms with Crippen molar-refractivity contribution >= 4 is 12.0 Å². The summed E-state index contributed by atoms with van der Waals surface area (Å²) in [6, 6.07) is 7.79. The molecule has 1 aromatic rings. The van der Waals surface area contributed by atoms with Gasteiger partial charge in [0, 0.05) is 18.2 Å². The molecule has 1 aliphatic rings. The molecule has 1 N–H and O–H groups in total. The quantitative estimate of drug-likeness (QED) is 0.567. The molecule has 0 atom stereocenters. The summed E-state index contributed by atoms with van der Waals surface area (Å²) in [5, 5.41) is 2.96. The lowest BCUT2D eigenvalue weighted by atomic mass is 9.97. The van der Waals surface area contributed by atoms with Crippen molar-refractivity contribution in [2.45, 2.75) is 45.4 Å². The number of para-hydroxylation sites is 1. The molecule has 0 spiro atoms. The van der Waals surface area contributed by atoms with Crippen LogP contribution in [0, 0.1) is 0 Å². The molecule has 0 saturated heterocycles. The van der Waals surface area contributed by atoms with Gasteiger partial charge in [-0.25, -0.2) is 0 Å². The van der Waals surface area contributed by atoms with Gasteiger partial charge in [-0.3, -0.25) is 4.79 Å². The fourth-order valence-corrected chi connectivity index (χ4v) is 2.66. The third-order valence-corrected chi connectivity index (χ3v) is 3.93. The van der Waals surface area contributed by atoms with Crippen molar-refractivity contribution in [2.75, 3.05) is 13.2 Å². The number of amides is 1. The van der Waals surface area contributed by atoms with Gasteiger partial charge in [-0.05, 0) is 50.7 Å². The summed E-state index contributed by atoms with van der Waals surface area (Å²) in [4.78, 5) is 11.9. The van der Waals surface area contributed by atoms with E-state index < -0.39 is 0 Å². The van der Waals surface area contributed by atoms with Gasteiger partial charge < -0.3 is 10.1 Å². The highest BCUT2D eigenvalue weighted by Crippen LogP contribution is 2.20. The number of carbonyl (C=O) groups is 1. The molecule has 23 heavy (non-hydrogen) atoms. The second kappa shape index (κ2) is 9.88. The minimum Gasteiger partial charge on any atom is -0.493 e. The average molecular weight is 313 g/mol. The third-order valence-electron chi connectivity index (χ3n) is 3.93. The van der Waals surface area contributed by atoms with Crippen LogP contribution < -0.4 is 10.1 Å². The number of allylic oxidation sites excluding steroid dienone is 1. The van der Waals surface area contributed by atoms with Crippen LogP contribution in [-0.2, 0) is 4.79 Å². The van der Waals surface area contributed by atoms with E-state index in [0.717, 1.165) is 24.2 Å². The van der Waals surface area contributed by atoms with Crippen LogP contribution in [0.2, 0.25) is 0 Å². The van der Waals surface area contributed by atoms with Crippen LogP contribution in [0.4, 0.5) is 0 Å². The first-order valence-corrected chi connectivity index (χ1v) is 8.65. The Morgan fingerprint density at radius 3 is 2.96 bits per heavy atom. The molecule has 1 amide bonds. The number of ether oxygens (including phenoxy) is 1. The van der Waals surface area contributed by atoms with Gasteiger partial charge in [0.25, 0.3) is 0 Å². The molecule has 1 aromatic carbocycles. The lowest BCUT2D eigenvalue weighted by molar-refractivity contribution is -0.116. The molecule has 1 aliphatic carbocycles. The summed E-state index contributed by atoms with van der Waals surface area (Å²) >= 11 is 0. The summed E-state index contributed by atoms with van der Waals surface area (Å²) in [5.41, 5.74) is 2.42. The standard InChI is InChI=1S/C20H27NO2/c1-2-16-23-19-11-7-6-10-18(19)12-13-20(22)21-15-14-17-8-4-3-5-9-17/h6-8,10-13H,2-5,9,14-16H2,1H3,(H,21,22)/b13-12+. The minimum absolute atomic E-state index is 0.0493. The Bertz CT molecular complexity index is 561. The first kappa shape index (κ1) is 17.3. The number of hydrogen-bond donors (Lipinski definition) is 1. The van der Waals surface area contributed by atoms with Crippen LogP contribution in [0.15, 0.2) is 42.0 Å². The average Bonchev–Trinajstić information content (AvgIpc) is 2.60. The number of nitrogens with one attached hydrogen (secondary N) is 1. The molecule has 0 radical (unpaired) electrons. The molecule has 0 aromatic heterocycles. The van der Waals surface area contributed by atoms with Crippen LogP contribution >= 0.6 is 0 Å². The molecule has 124 valence electrons. The molecule has 0 saturated carbocycles. The summed E-state index contributed by atoms with van der Waals surface area (Å²) in [7, 11) is 0. The first-order chi connectivity index (χ1) is 11.3. The number of rotatable bonds is 8. The summed E-state index contributed by atoms with van der Waals surface area (Å²) < 4.78 is 5.69. The van der Waals surface area contributed by atoms with E-state index in [1.54, 1.807) is 6.08 Å². The van der Waals surface area contributed by atoms with Crippen molar-refractivity contribution in [1.82, 2.24) is 5.32 Å². The molecular weight excluding hydrogens is 286 g/mol. The van der Waals surface area contributed by atoms with Crippen LogP contribution in [0.3, 0.4) is 0 Å². The summed E-state index contributed by atoms with van der Waals surface area (Å²) in [6.07, 6.45) is 12.6.